The van der Waals surface area contributed by atoms with E-state index in [0.717, 1.165) is 26.5 Å². The summed E-state index contributed by atoms with van der Waals surface area (Å²) >= 11 is 1.55. The van der Waals surface area contributed by atoms with Crippen molar-refractivity contribution in [3.63, 3.8) is 0 Å². The van der Waals surface area contributed by atoms with E-state index in [1.807, 2.05) is 31.2 Å². The molecule has 3 atom stereocenters. The normalized spacial score (nSPS) is 26.4. The maximum absolute atomic E-state index is 13.3. The number of nitrogens with zero attached hydrogens (tertiary/aromatic N) is 3. The summed E-state index contributed by atoms with van der Waals surface area (Å²) in [6.07, 6.45) is 2.22. The number of amides is 4. The van der Waals surface area contributed by atoms with Crippen molar-refractivity contribution in [1.29, 1.82) is 0 Å². The van der Waals surface area contributed by atoms with Crippen LogP contribution in [0.2, 0.25) is 0 Å². The van der Waals surface area contributed by atoms with E-state index in [0.29, 0.717) is 18.8 Å². The number of carbonyl (C=O) groups excluding carboxylic acids is 3. The number of hydrogen-bond acceptors (Lipinski definition) is 5. The van der Waals surface area contributed by atoms with E-state index >= 15 is 0 Å². The predicted octanol–water partition coefficient (Wildman–Crippen LogP) is 3.95. The fourth-order valence-corrected chi connectivity index (χ4v) is 6.41. The lowest BCUT2D eigenvalue weighted by atomic mass is 9.64. The Morgan fingerprint density at radius 2 is 2.03 bits per heavy atom. The quantitative estimate of drug-likeness (QED) is 0.727. The van der Waals surface area contributed by atoms with Crippen molar-refractivity contribution < 1.29 is 14.4 Å². The number of nitrogens with one attached hydrogen (secondary N) is 1. The number of thiazole rings is 1. The van der Waals surface area contributed by atoms with E-state index in [4.69, 9.17) is 0 Å². The topological polar surface area (TPSA) is 82.6 Å². The van der Waals surface area contributed by atoms with E-state index < -0.39 is 11.6 Å². The van der Waals surface area contributed by atoms with E-state index in [2.05, 4.69) is 31.1 Å². The Labute approximate surface area is 186 Å². The molecule has 4 amide bonds. The lowest BCUT2D eigenvalue weighted by Gasteiger charge is -2.43. The minimum absolute atomic E-state index is 0.0429. The summed E-state index contributed by atoms with van der Waals surface area (Å²) in [4.78, 5) is 46.3. The van der Waals surface area contributed by atoms with Crippen molar-refractivity contribution >= 4 is 39.4 Å². The molecule has 1 aliphatic carbocycles. The van der Waals surface area contributed by atoms with Crippen LogP contribution in [0.3, 0.4) is 0 Å². The minimum Gasteiger partial charge on any atom is -0.335 e. The highest BCUT2D eigenvalue weighted by molar-refractivity contribution is 7.18. The van der Waals surface area contributed by atoms with Crippen LogP contribution in [0, 0.1) is 11.3 Å². The smallest absolute Gasteiger partial charge is 0.325 e. The van der Waals surface area contributed by atoms with Crippen molar-refractivity contribution in [1.82, 2.24) is 20.1 Å². The first-order chi connectivity index (χ1) is 14.5. The van der Waals surface area contributed by atoms with Crippen molar-refractivity contribution in [3.8, 4) is 0 Å². The summed E-state index contributed by atoms with van der Waals surface area (Å²) in [7, 11) is 1.69. The van der Waals surface area contributed by atoms with Crippen LogP contribution in [0.25, 0.3) is 10.2 Å². The first kappa shape index (κ1) is 21.7. The lowest BCUT2D eigenvalue weighted by molar-refractivity contribution is -0.141. The molecule has 166 valence electrons. The number of likely N-dealkylation sites (N-methyl/N-ethyl adjacent to an activating group) is 1. The molecular formula is C23H30N4O3S. The molecule has 3 unspecified atom stereocenters. The summed E-state index contributed by atoms with van der Waals surface area (Å²) in [5.41, 5.74) is -0.0330. The van der Waals surface area contributed by atoms with Gasteiger partial charge in [-0.2, -0.15) is 0 Å². The van der Waals surface area contributed by atoms with E-state index in [-0.39, 0.29) is 29.8 Å². The molecule has 0 bridgehead atoms. The van der Waals surface area contributed by atoms with Crippen LogP contribution in [-0.2, 0) is 9.59 Å². The van der Waals surface area contributed by atoms with Gasteiger partial charge in [-0.15, -0.1) is 11.3 Å². The lowest BCUT2D eigenvalue weighted by Crippen LogP contribution is -2.54. The summed E-state index contributed by atoms with van der Waals surface area (Å²) in [6.45, 7) is 8.03. The third-order valence-electron chi connectivity index (χ3n) is 6.56. The van der Waals surface area contributed by atoms with E-state index in [1.54, 1.807) is 23.3 Å². The van der Waals surface area contributed by atoms with Crippen LogP contribution in [0.15, 0.2) is 24.3 Å². The minimum atomic E-state index is -0.893. The maximum Gasteiger partial charge on any atom is 0.325 e. The largest absolute Gasteiger partial charge is 0.335 e. The standard InChI is InChI=1S/C23H30N4O3S/c1-14-10-22(3,4)13-23(11-14)20(29)27(21(30)25-23)12-18(28)26(5)15(2)19-24-16-8-6-7-9-17(16)31-19/h6-9,14-15H,10-13H2,1-5H3,(H,25,30). The van der Waals surface area contributed by atoms with Crippen LogP contribution in [0.5, 0.6) is 0 Å². The number of hydrogen-bond donors (Lipinski definition) is 1. The third kappa shape index (κ3) is 3.93. The van der Waals surface area contributed by atoms with Gasteiger partial charge in [-0.25, -0.2) is 9.78 Å². The second kappa shape index (κ2) is 7.58. The van der Waals surface area contributed by atoms with Crippen molar-refractivity contribution in [2.45, 2.75) is 58.5 Å². The van der Waals surface area contributed by atoms with Gasteiger partial charge in [-0.1, -0.05) is 32.9 Å². The third-order valence-corrected chi connectivity index (χ3v) is 7.77. The van der Waals surface area contributed by atoms with Crippen LogP contribution >= 0.6 is 11.3 Å². The van der Waals surface area contributed by atoms with Gasteiger partial charge >= 0.3 is 6.03 Å². The average molecular weight is 443 g/mol. The molecular weight excluding hydrogens is 412 g/mol. The number of benzene rings is 1. The fraction of sp³-hybridized carbons (Fsp3) is 0.565. The Morgan fingerprint density at radius 3 is 2.71 bits per heavy atom. The number of fused-ring (bicyclic) bond motifs is 1. The van der Waals surface area contributed by atoms with Crippen LogP contribution < -0.4 is 5.32 Å². The Bertz CT molecular complexity index is 1020. The van der Waals surface area contributed by atoms with Gasteiger partial charge in [0.15, 0.2) is 0 Å². The van der Waals surface area contributed by atoms with Crippen molar-refractivity contribution in [2.24, 2.45) is 11.3 Å². The van der Waals surface area contributed by atoms with Crippen LogP contribution in [-0.4, -0.2) is 51.8 Å². The molecule has 4 rings (SSSR count). The van der Waals surface area contributed by atoms with E-state index in [9.17, 15) is 14.4 Å². The van der Waals surface area contributed by atoms with Gasteiger partial charge in [0, 0.05) is 7.05 Å². The number of carbonyl (C=O) groups is 3. The molecule has 1 saturated heterocycles. The van der Waals surface area contributed by atoms with Gasteiger partial charge in [-0.05, 0) is 49.7 Å². The first-order valence-electron chi connectivity index (χ1n) is 10.8. The van der Waals surface area contributed by atoms with Gasteiger partial charge in [-0.3, -0.25) is 14.5 Å². The molecule has 2 heterocycles. The molecule has 2 aromatic rings. The van der Waals surface area contributed by atoms with Crippen LogP contribution in [0.4, 0.5) is 4.79 Å². The molecule has 1 spiro atoms. The second-order valence-corrected chi connectivity index (χ2v) is 11.0. The summed E-state index contributed by atoms with van der Waals surface area (Å²) in [5.74, 6) is -0.229. The van der Waals surface area contributed by atoms with Gasteiger partial charge in [0.05, 0.1) is 16.3 Å². The zero-order chi connectivity index (χ0) is 22.6. The van der Waals surface area contributed by atoms with E-state index in [1.165, 1.54) is 0 Å². The van der Waals surface area contributed by atoms with Crippen LogP contribution in [0.1, 0.15) is 58.0 Å². The number of rotatable bonds is 4. The van der Waals surface area contributed by atoms with Gasteiger partial charge in [0.2, 0.25) is 5.91 Å². The van der Waals surface area contributed by atoms with Crippen molar-refractivity contribution in [2.75, 3.05) is 13.6 Å². The molecule has 1 saturated carbocycles. The van der Waals surface area contributed by atoms with Gasteiger partial charge in [0.1, 0.15) is 17.1 Å². The molecule has 1 aliphatic heterocycles. The monoisotopic (exact) mass is 442 g/mol. The highest BCUT2D eigenvalue weighted by Crippen LogP contribution is 2.46. The molecule has 1 aromatic heterocycles. The second-order valence-electron chi connectivity index (χ2n) is 9.96. The molecule has 1 N–H and O–H groups in total. The zero-order valence-electron chi connectivity index (χ0n) is 18.8. The predicted molar refractivity (Wildman–Crippen MR) is 121 cm³/mol. The number of aromatic nitrogens is 1. The molecule has 1 aromatic carbocycles. The van der Waals surface area contributed by atoms with Crippen molar-refractivity contribution in [3.05, 3.63) is 29.3 Å². The Kier molecular flexibility index (Phi) is 5.32. The summed E-state index contributed by atoms with van der Waals surface area (Å²) in [6, 6.07) is 7.13. The maximum atomic E-state index is 13.3. The molecule has 8 heteroatoms. The number of para-hydroxylation sites is 1. The highest BCUT2D eigenvalue weighted by Gasteiger charge is 2.56. The zero-order valence-corrected chi connectivity index (χ0v) is 19.6. The molecule has 2 fully saturated rings. The SMILES string of the molecule is CC1CC(C)(C)CC2(C1)NC(=O)N(CC(=O)N(C)C(C)c1nc3ccccc3s1)C2=O. The fourth-order valence-electron chi connectivity index (χ4n) is 5.35. The molecule has 2 aliphatic rings. The first-order valence-corrected chi connectivity index (χ1v) is 11.6. The average Bonchev–Trinajstić information content (AvgIpc) is 3.20. The number of urea groups is 1. The molecule has 0 radical (unpaired) electrons. The van der Waals surface area contributed by atoms with Gasteiger partial charge in [0.25, 0.3) is 5.91 Å². The highest BCUT2D eigenvalue weighted by atomic mass is 32.1. The Morgan fingerprint density at radius 1 is 1.32 bits per heavy atom. The molecule has 31 heavy (non-hydrogen) atoms. The number of imide groups is 1. The molecule has 7 nitrogen and oxygen atoms in total. The van der Waals surface area contributed by atoms with Gasteiger partial charge < -0.3 is 10.2 Å². The Balaban J connectivity index is 1.48. The Hall–Kier alpha value is -2.48. The summed E-state index contributed by atoms with van der Waals surface area (Å²) < 4.78 is 1.07. The summed E-state index contributed by atoms with van der Waals surface area (Å²) in [5, 5.41) is 3.76.